The van der Waals surface area contributed by atoms with Gasteiger partial charge in [0.1, 0.15) is 0 Å². The van der Waals surface area contributed by atoms with Gasteiger partial charge in [-0.3, -0.25) is 0 Å². The summed E-state index contributed by atoms with van der Waals surface area (Å²) in [5, 5.41) is 3.01. The van der Waals surface area contributed by atoms with Crippen LogP contribution >= 0.6 is 0 Å². The Kier molecular flexibility index (Phi) is 2.90. The molecular weight excluding hydrogens is 224 g/mol. The summed E-state index contributed by atoms with van der Waals surface area (Å²) in [4.78, 5) is 0.343. The minimum absolute atomic E-state index is 0.147. The minimum atomic E-state index is -3.32. The van der Waals surface area contributed by atoms with Crippen LogP contribution in [0.15, 0.2) is 23.1 Å². The third-order valence-electron chi connectivity index (χ3n) is 2.68. The van der Waals surface area contributed by atoms with Crippen LogP contribution in [-0.4, -0.2) is 21.5 Å². The number of hydrogen-bond acceptors (Lipinski definition) is 3. The zero-order chi connectivity index (χ0) is 11.8. The molecule has 2 rings (SSSR count). The first-order valence-electron chi connectivity index (χ1n) is 5.33. The number of nitrogens with one attached hydrogen (secondary N) is 2. The van der Waals surface area contributed by atoms with Gasteiger partial charge >= 0.3 is 0 Å². The monoisotopic (exact) mass is 240 g/mol. The second-order valence-corrected chi connectivity index (χ2v) is 5.84. The fourth-order valence-electron chi connectivity index (χ4n) is 1.57. The molecule has 1 aliphatic carbocycles. The number of hydrogen-bond donors (Lipinski definition) is 2. The van der Waals surface area contributed by atoms with Gasteiger partial charge in [-0.2, -0.15) is 0 Å². The van der Waals surface area contributed by atoms with E-state index in [2.05, 4.69) is 10.0 Å². The van der Waals surface area contributed by atoms with Crippen LogP contribution < -0.4 is 10.0 Å². The Balaban J connectivity index is 2.29. The third kappa shape index (κ3) is 2.36. The van der Waals surface area contributed by atoms with Gasteiger partial charge in [0.2, 0.25) is 10.0 Å². The molecule has 0 amide bonds. The second-order valence-electron chi connectivity index (χ2n) is 4.12. The van der Waals surface area contributed by atoms with Gasteiger partial charge in [0.25, 0.3) is 0 Å². The van der Waals surface area contributed by atoms with Crippen LogP contribution in [0.5, 0.6) is 0 Å². The molecule has 4 nitrogen and oxygen atoms in total. The van der Waals surface area contributed by atoms with E-state index in [9.17, 15) is 8.42 Å². The van der Waals surface area contributed by atoms with Crippen molar-refractivity contribution in [3.8, 4) is 0 Å². The van der Waals surface area contributed by atoms with Gasteiger partial charge in [-0.15, -0.1) is 0 Å². The van der Waals surface area contributed by atoms with E-state index in [1.165, 1.54) is 0 Å². The van der Waals surface area contributed by atoms with Crippen LogP contribution in [0.2, 0.25) is 0 Å². The summed E-state index contributed by atoms with van der Waals surface area (Å²) in [6, 6.07) is 5.26. The fraction of sp³-hybridized carbons (Fsp3) is 0.455. The van der Waals surface area contributed by atoms with E-state index in [0.717, 1.165) is 24.1 Å². The first kappa shape index (κ1) is 11.4. The Morgan fingerprint density at radius 2 is 2.00 bits per heavy atom. The maximum Gasteiger partial charge on any atom is 0.240 e. The fourth-order valence-corrected chi connectivity index (χ4v) is 2.96. The van der Waals surface area contributed by atoms with Crippen LogP contribution in [0, 0.1) is 6.92 Å². The van der Waals surface area contributed by atoms with Crippen LogP contribution in [0.1, 0.15) is 18.4 Å². The van der Waals surface area contributed by atoms with Gasteiger partial charge in [0, 0.05) is 18.8 Å². The van der Waals surface area contributed by atoms with Gasteiger partial charge in [0.15, 0.2) is 0 Å². The standard InChI is InChI=1S/C11H16N2O2S/c1-8-7-10(5-6-11(8)12-2)16(14,15)13-9-3-4-9/h5-7,9,12-13H,3-4H2,1-2H3. The van der Waals surface area contributed by atoms with Crippen molar-refractivity contribution in [1.29, 1.82) is 0 Å². The Labute approximate surface area is 96.1 Å². The molecular formula is C11H16N2O2S. The van der Waals surface area contributed by atoms with E-state index in [4.69, 9.17) is 0 Å². The minimum Gasteiger partial charge on any atom is -0.388 e. The summed E-state index contributed by atoms with van der Waals surface area (Å²) < 4.78 is 26.5. The van der Waals surface area contributed by atoms with Gasteiger partial charge in [-0.1, -0.05) is 0 Å². The van der Waals surface area contributed by atoms with E-state index >= 15 is 0 Å². The highest BCUT2D eigenvalue weighted by molar-refractivity contribution is 7.89. The van der Waals surface area contributed by atoms with Crippen molar-refractivity contribution < 1.29 is 8.42 Å². The number of benzene rings is 1. The molecule has 0 atom stereocenters. The predicted molar refractivity (Wildman–Crippen MR) is 64.1 cm³/mol. The number of sulfonamides is 1. The molecule has 1 aliphatic rings. The summed E-state index contributed by atoms with van der Waals surface area (Å²) in [7, 11) is -1.50. The lowest BCUT2D eigenvalue weighted by Crippen LogP contribution is -2.25. The zero-order valence-electron chi connectivity index (χ0n) is 9.45. The van der Waals surface area contributed by atoms with Gasteiger partial charge in [-0.25, -0.2) is 13.1 Å². The number of aryl methyl sites for hydroxylation is 1. The molecule has 0 aliphatic heterocycles. The molecule has 0 heterocycles. The number of rotatable bonds is 4. The highest BCUT2D eigenvalue weighted by atomic mass is 32.2. The van der Waals surface area contributed by atoms with E-state index in [0.29, 0.717) is 4.90 Å². The highest BCUT2D eigenvalue weighted by Crippen LogP contribution is 2.24. The molecule has 16 heavy (non-hydrogen) atoms. The molecule has 1 fully saturated rings. The largest absolute Gasteiger partial charge is 0.388 e. The van der Waals surface area contributed by atoms with Crippen molar-refractivity contribution >= 4 is 15.7 Å². The average Bonchev–Trinajstić information content (AvgIpc) is 3.01. The van der Waals surface area contributed by atoms with E-state index in [-0.39, 0.29) is 6.04 Å². The van der Waals surface area contributed by atoms with Crippen LogP contribution in [0.25, 0.3) is 0 Å². The normalized spacial score (nSPS) is 16.1. The maximum atomic E-state index is 11.9. The molecule has 0 bridgehead atoms. The van der Waals surface area contributed by atoms with Crippen molar-refractivity contribution in [1.82, 2.24) is 4.72 Å². The van der Waals surface area contributed by atoms with Crippen molar-refractivity contribution in [3.63, 3.8) is 0 Å². The SMILES string of the molecule is CNc1ccc(S(=O)(=O)NC2CC2)cc1C. The predicted octanol–water partition coefficient (Wildman–Crippen LogP) is 1.48. The quantitative estimate of drug-likeness (QED) is 0.838. The summed E-state index contributed by atoms with van der Waals surface area (Å²) >= 11 is 0. The molecule has 0 saturated heterocycles. The molecule has 0 spiro atoms. The summed E-state index contributed by atoms with van der Waals surface area (Å²) in [6.45, 7) is 1.89. The molecule has 88 valence electrons. The van der Waals surface area contributed by atoms with Crippen molar-refractivity contribution in [2.45, 2.75) is 30.7 Å². The van der Waals surface area contributed by atoms with E-state index in [1.807, 2.05) is 14.0 Å². The van der Waals surface area contributed by atoms with Crippen molar-refractivity contribution in [3.05, 3.63) is 23.8 Å². The van der Waals surface area contributed by atoms with Gasteiger partial charge in [0.05, 0.1) is 4.90 Å². The summed E-state index contributed by atoms with van der Waals surface area (Å²) in [6.07, 6.45) is 1.90. The first-order valence-corrected chi connectivity index (χ1v) is 6.82. The first-order chi connectivity index (χ1) is 7.53. The topological polar surface area (TPSA) is 58.2 Å². The highest BCUT2D eigenvalue weighted by Gasteiger charge is 2.27. The Morgan fingerprint density at radius 3 is 2.50 bits per heavy atom. The van der Waals surface area contributed by atoms with Crippen LogP contribution in [0.4, 0.5) is 5.69 Å². The third-order valence-corrected chi connectivity index (χ3v) is 4.19. The van der Waals surface area contributed by atoms with E-state index in [1.54, 1.807) is 18.2 Å². The van der Waals surface area contributed by atoms with Gasteiger partial charge < -0.3 is 5.32 Å². The van der Waals surface area contributed by atoms with Crippen molar-refractivity contribution in [2.75, 3.05) is 12.4 Å². The molecule has 1 saturated carbocycles. The van der Waals surface area contributed by atoms with Crippen molar-refractivity contribution in [2.24, 2.45) is 0 Å². The average molecular weight is 240 g/mol. The molecule has 5 heteroatoms. The van der Waals surface area contributed by atoms with Crippen LogP contribution in [-0.2, 0) is 10.0 Å². The Bertz CT molecular complexity index is 493. The summed E-state index contributed by atoms with van der Waals surface area (Å²) in [5.74, 6) is 0. The molecule has 2 N–H and O–H groups in total. The Hall–Kier alpha value is -1.07. The number of anilines is 1. The maximum absolute atomic E-state index is 11.9. The second kappa shape index (κ2) is 4.07. The lowest BCUT2D eigenvalue weighted by Gasteiger charge is -2.09. The lowest BCUT2D eigenvalue weighted by atomic mass is 10.2. The smallest absolute Gasteiger partial charge is 0.240 e. The Morgan fingerprint density at radius 1 is 1.31 bits per heavy atom. The zero-order valence-corrected chi connectivity index (χ0v) is 10.3. The molecule has 1 aromatic rings. The van der Waals surface area contributed by atoms with Gasteiger partial charge in [-0.05, 0) is 43.5 Å². The summed E-state index contributed by atoms with van der Waals surface area (Å²) in [5.41, 5.74) is 1.88. The molecule has 0 radical (unpaired) electrons. The molecule has 1 aromatic carbocycles. The molecule has 0 aromatic heterocycles. The lowest BCUT2D eigenvalue weighted by molar-refractivity contribution is 0.581. The molecule has 0 unspecified atom stereocenters. The van der Waals surface area contributed by atoms with Crippen LogP contribution in [0.3, 0.4) is 0 Å². The van der Waals surface area contributed by atoms with E-state index < -0.39 is 10.0 Å².